The lowest BCUT2D eigenvalue weighted by molar-refractivity contribution is 1.23. The minimum absolute atomic E-state index is 0.726. The molecular weight excluding hydrogens is 604 g/mol. The largest absolute Gasteiger partial charge is 0.237 e. The van der Waals surface area contributed by atoms with Crippen LogP contribution >= 0.6 is 95.6 Å². The number of hydrogen-bond acceptors (Lipinski definition) is 2. The van der Waals surface area contributed by atoms with Crippen LogP contribution in [-0.4, -0.2) is 9.97 Å². The maximum absolute atomic E-state index is 4.42. The van der Waals surface area contributed by atoms with E-state index in [0.29, 0.717) is 0 Å². The van der Waals surface area contributed by atoms with Crippen molar-refractivity contribution < 1.29 is 0 Å². The summed E-state index contributed by atoms with van der Waals surface area (Å²) >= 11 is 20.6. The summed E-state index contributed by atoms with van der Waals surface area (Å²) in [6, 6.07) is 0. The van der Waals surface area contributed by atoms with Crippen LogP contribution in [0.2, 0.25) is 0 Å². The molecule has 0 aliphatic carbocycles. The summed E-state index contributed by atoms with van der Waals surface area (Å²) in [6.07, 6.45) is 0. The summed E-state index contributed by atoms with van der Waals surface area (Å²) in [5.74, 6) is 0. The van der Waals surface area contributed by atoms with Crippen LogP contribution in [0.25, 0.3) is 11.0 Å². The Labute approximate surface area is 142 Å². The van der Waals surface area contributed by atoms with Crippen LogP contribution in [0.3, 0.4) is 0 Å². The Morgan fingerprint density at radius 1 is 0.500 bits per heavy atom. The zero-order valence-electron chi connectivity index (χ0n) is 7.16. The standard InChI is InChI=1S/C8Br6N2/c9-1-3(11)7(13)16-6-2(10)4(12)8(14)15-5(1)6. The van der Waals surface area contributed by atoms with Gasteiger partial charge in [-0.2, -0.15) is 0 Å². The van der Waals surface area contributed by atoms with Crippen molar-refractivity contribution in [3.05, 3.63) is 27.1 Å². The Kier molecular flexibility index (Phi) is 4.51. The van der Waals surface area contributed by atoms with Crippen molar-refractivity contribution in [2.75, 3.05) is 0 Å². The van der Waals surface area contributed by atoms with E-state index in [1.807, 2.05) is 0 Å². The Morgan fingerprint density at radius 2 is 0.812 bits per heavy atom. The summed E-state index contributed by atoms with van der Waals surface area (Å²) in [5.41, 5.74) is 1.55. The van der Waals surface area contributed by atoms with E-state index in [2.05, 4.69) is 106 Å². The van der Waals surface area contributed by atoms with Gasteiger partial charge in [-0.25, -0.2) is 9.97 Å². The molecule has 2 rings (SSSR count). The summed E-state index contributed by atoms with van der Waals surface area (Å²) in [5, 5.41) is 0. The van der Waals surface area contributed by atoms with Gasteiger partial charge in [0.25, 0.3) is 0 Å². The molecule has 2 aromatic heterocycles. The van der Waals surface area contributed by atoms with Crippen LogP contribution in [0.4, 0.5) is 0 Å². The smallest absolute Gasteiger partial charge is 0.122 e. The number of fused-ring (bicyclic) bond motifs is 1. The van der Waals surface area contributed by atoms with Crippen molar-refractivity contribution in [2.45, 2.75) is 0 Å². The zero-order valence-corrected chi connectivity index (χ0v) is 16.7. The second-order valence-corrected chi connectivity index (χ2v) is 7.43. The Balaban J connectivity index is 3.02. The highest BCUT2D eigenvalue weighted by molar-refractivity contribution is 9.15. The van der Waals surface area contributed by atoms with E-state index in [4.69, 9.17) is 0 Å². The topological polar surface area (TPSA) is 25.8 Å². The van der Waals surface area contributed by atoms with Crippen molar-refractivity contribution in [2.24, 2.45) is 0 Å². The van der Waals surface area contributed by atoms with Gasteiger partial charge in [0.2, 0.25) is 0 Å². The fourth-order valence-electron chi connectivity index (χ4n) is 1.10. The minimum Gasteiger partial charge on any atom is -0.237 e. The predicted octanol–water partition coefficient (Wildman–Crippen LogP) is 6.20. The van der Waals surface area contributed by atoms with Crippen molar-refractivity contribution >= 4 is 107 Å². The van der Waals surface area contributed by atoms with E-state index in [0.717, 1.165) is 38.1 Å². The molecule has 0 saturated carbocycles. The fourth-order valence-corrected chi connectivity index (χ4v) is 3.86. The highest BCUT2D eigenvalue weighted by Gasteiger charge is 2.16. The predicted molar refractivity (Wildman–Crippen MR) is 85.7 cm³/mol. The van der Waals surface area contributed by atoms with E-state index < -0.39 is 0 Å². The van der Waals surface area contributed by atoms with Crippen molar-refractivity contribution in [3.63, 3.8) is 0 Å². The Bertz CT molecular complexity index is 544. The van der Waals surface area contributed by atoms with E-state index in [1.165, 1.54) is 0 Å². The number of nitrogens with zero attached hydrogens (tertiary/aromatic N) is 2. The van der Waals surface area contributed by atoms with E-state index in [-0.39, 0.29) is 0 Å². The molecule has 0 fully saturated rings. The van der Waals surface area contributed by atoms with Gasteiger partial charge in [-0.05, 0) is 95.6 Å². The molecule has 0 bridgehead atoms. The number of rotatable bonds is 0. The Morgan fingerprint density at radius 3 is 1.12 bits per heavy atom. The van der Waals surface area contributed by atoms with E-state index in [1.54, 1.807) is 0 Å². The first-order chi connectivity index (χ1) is 7.43. The number of aromatic nitrogens is 2. The first-order valence-corrected chi connectivity index (χ1v) is 8.54. The highest BCUT2D eigenvalue weighted by atomic mass is 79.9. The van der Waals surface area contributed by atoms with Gasteiger partial charge < -0.3 is 0 Å². The average Bonchev–Trinajstić information content (AvgIpc) is 2.25. The molecule has 0 aliphatic heterocycles. The van der Waals surface area contributed by atoms with Gasteiger partial charge in [0.15, 0.2) is 0 Å². The quantitative estimate of drug-likeness (QED) is 0.335. The van der Waals surface area contributed by atoms with Gasteiger partial charge in [-0.3, -0.25) is 0 Å². The van der Waals surface area contributed by atoms with Gasteiger partial charge in [0.1, 0.15) is 20.2 Å². The maximum Gasteiger partial charge on any atom is 0.122 e. The first kappa shape index (κ1) is 13.9. The third-order valence-electron chi connectivity index (χ3n) is 1.81. The molecule has 0 aliphatic rings. The van der Waals surface area contributed by atoms with Crippen molar-refractivity contribution in [3.8, 4) is 0 Å². The number of hydrogen-bond donors (Lipinski definition) is 0. The highest BCUT2D eigenvalue weighted by Crippen LogP contribution is 2.41. The molecule has 2 aromatic rings. The lowest BCUT2D eigenvalue weighted by Crippen LogP contribution is -1.91. The molecule has 8 heteroatoms. The van der Waals surface area contributed by atoms with Crippen LogP contribution in [0.15, 0.2) is 27.1 Å². The van der Waals surface area contributed by atoms with Crippen LogP contribution in [-0.2, 0) is 0 Å². The third kappa shape index (κ3) is 2.30. The lowest BCUT2D eigenvalue weighted by atomic mass is 10.3. The summed E-state index contributed by atoms with van der Waals surface area (Å²) in [6.45, 7) is 0. The second-order valence-electron chi connectivity index (χ2n) is 2.76. The van der Waals surface area contributed by atoms with E-state index >= 15 is 0 Å². The van der Waals surface area contributed by atoms with Crippen LogP contribution in [0.1, 0.15) is 0 Å². The van der Waals surface area contributed by atoms with Crippen LogP contribution < -0.4 is 0 Å². The molecule has 0 aromatic carbocycles. The third-order valence-corrected chi connectivity index (χ3v) is 8.17. The van der Waals surface area contributed by atoms with Crippen molar-refractivity contribution in [1.29, 1.82) is 0 Å². The van der Waals surface area contributed by atoms with Gasteiger partial charge in [-0.15, -0.1) is 0 Å². The van der Waals surface area contributed by atoms with Gasteiger partial charge in [0, 0.05) is 0 Å². The van der Waals surface area contributed by atoms with Gasteiger partial charge in [-0.1, -0.05) is 0 Å². The molecular formula is C8Br6N2. The van der Waals surface area contributed by atoms with Crippen LogP contribution in [0, 0.1) is 0 Å². The zero-order chi connectivity index (χ0) is 12.0. The van der Waals surface area contributed by atoms with Gasteiger partial charge in [0.05, 0.1) is 17.9 Å². The molecule has 16 heavy (non-hydrogen) atoms. The second kappa shape index (κ2) is 5.21. The fraction of sp³-hybridized carbons (Fsp3) is 0. The molecule has 0 spiro atoms. The number of halogens is 6. The molecule has 0 saturated heterocycles. The normalized spacial score (nSPS) is 11.1. The molecule has 0 atom stereocenters. The molecule has 0 radical (unpaired) electrons. The minimum atomic E-state index is 0.726. The van der Waals surface area contributed by atoms with Crippen LogP contribution in [0.5, 0.6) is 0 Å². The molecule has 2 heterocycles. The lowest BCUT2D eigenvalue weighted by Gasteiger charge is -2.08. The van der Waals surface area contributed by atoms with E-state index in [9.17, 15) is 0 Å². The molecule has 84 valence electrons. The SMILES string of the molecule is Brc1nc2c(Br)c(Br)c(Br)nc2c(Br)c1Br. The van der Waals surface area contributed by atoms with Crippen molar-refractivity contribution in [1.82, 2.24) is 9.97 Å². The monoisotopic (exact) mass is 598 g/mol. The molecule has 2 nitrogen and oxygen atoms in total. The summed E-state index contributed by atoms with van der Waals surface area (Å²) in [4.78, 5) is 8.83. The van der Waals surface area contributed by atoms with Gasteiger partial charge >= 0.3 is 0 Å². The first-order valence-electron chi connectivity index (χ1n) is 3.78. The molecule has 0 unspecified atom stereocenters. The Hall–Kier alpha value is 1.44. The maximum atomic E-state index is 4.42. The number of pyridine rings is 2. The average molecular weight is 604 g/mol. The molecule has 0 amide bonds. The molecule has 0 N–H and O–H groups in total. The summed E-state index contributed by atoms with van der Waals surface area (Å²) < 4.78 is 4.85. The summed E-state index contributed by atoms with van der Waals surface area (Å²) in [7, 11) is 0.